The van der Waals surface area contributed by atoms with Gasteiger partial charge < -0.3 is 10.6 Å². The van der Waals surface area contributed by atoms with Crippen molar-refractivity contribution in [1.29, 1.82) is 0 Å². The van der Waals surface area contributed by atoms with E-state index < -0.39 is 0 Å². The predicted octanol–water partition coefficient (Wildman–Crippen LogP) is 2.07. The van der Waals surface area contributed by atoms with Gasteiger partial charge in [-0.15, -0.1) is 0 Å². The molecule has 2 fully saturated rings. The summed E-state index contributed by atoms with van der Waals surface area (Å²) in [5.41, 5.74) is 0. The lowest BCUT2D eigenvalue weighted by Crippen LogP contribution is -2.46. The van der Waals surface area contributed by atoms with Crippen LogP contribution in [0.25, 0.3) is 0 Å². The van der Waals surface area contributed by atoms with Gasteiger partial charge in [0, 0.05) is 18.0 Å². The quantitative estimate of drug-likeness (QED) is 0.773. The number of amides is 1. The van der Waals surface area contributed by atoms with Gasteiger partial charge in [-0.3, -0.25) is 4.79 Å². The zero-order valence-corrected chi connectivity index (χ0v) is 11.2. The van der Waals surface area contributed by atoms with Gasteiger partial charge in [0.15, 0.2) is 0 Å². The fraction of sp³-hybridized carbons (Fsp3) is 0.929. The molecule has 0 aromatic rings. The van der Waals surface area contributed by atoms with Crippen molar-refractivity contribution < 1.29 is 4.79 Å². The minimum atomic E-state index is 0.239. The summed E-state index contributed by atoms with van der Waals surface area (Å²) in [7, 11) is 0. The molecule has 2 unspecified atom stereocenters. The standard InChI is InChI=1S/C14H26N2O/c1-10-4-3-5-13(8-10)16-14(17)12-6-7-15-11(2)9-12/h10-13,15H,3-9H2,1-2H3,(H,16,17)/t10?,11-,12-,13?/m0/s1. The van der Waals surface area contributed by atoms with Crippen molar-refractivity contribution >= 4 is 5.91 Å². The normalized spacial score (nSPS) is 38.7. The highest BCUT2D eigenvalue weighted by Crippen LogP contribution is 2.24. The van der Waals surface area contributed by atoms with Crippen molar-refractivity contribution in [1.82, 2.24) is 10.6 Å². The van der Waals surface area contributed by atoms with E-state index in [0.717, 1.165) is 25.3 Å². The van der Waals surface area contributed by atoms with Crippen molar-refractivity contribution in [2.24, 2.45) is 11.8 Å². The molecule has 1 heterocycles. The first-order chi connectivity index (χ1) is 8.15. The average Bonchev–Trinajstić information content (AvgIpc) is 2.29. The van der Waals surface area contributed by atoms with Crippen LogP contribution in [0.4, 0.5) is 0 Å². The molecule has 0 bridgehead atoms. The fourth-order valence-electron chi connectivity index (χ4n) is 3.25. The summed E-state index contributed by atoms with van der Waals surface area (Å²) in [6.07, 6.45) is 6.95. The maximum atomic E-state index is 12.2. The molecule has 1 saturated heterocycles. The highest BCUT2D eigenvalue weighted by Gasteiger charge is 2.27. The summed E-state index contributed by atoms with van der Waals surface area (Å²) >= 11 is 0. The Morgan fingerprint density at radius 1 is 1.18 bits per heavy atom. The van der Waals surface area contributed by atoms with E-state index in [1.54, 1.807) is 0 Å². The molecular weight excluding hydrogens is 212 g/mol. The Bertz CT molecular complexity index is 267. The first-order valence-electron chi connectivity index (χ1n) is 7.19. The predicted molar refractivity (Wildman–Crippen MR) is 69.8 cm³/mol. The van der Waals surface area contributed by atoms with E-state index in [1.165, 1.54) is 25.7 Å². The van der Waals surface area contributed by atoms with Crippen LogP contribution in [0.2, 0.25) is 0 Å². The molecule has 17 heavy (non-hydrogen) atoms. The summed E-state index contributed by atoms with van der Waals surface area (Å²) in [6.45, 7) is 5.45. The molecule has 1 aliphatic carbocycles. The highest BCUT2D eigenvalue weighted by atomic mass is 16.1. The minimum absolute atomic E-state index is 0.239. The summed E-state index contributed by atoms with van der Waals surface area (Å²) < 4.78 is 0. The average molecular weight is 238 g/mol. The minimum Gasteiger partial charge on any atom is -0.353 e. The topological polar surface area (TPSA) is 41.1 Å². The Labute approximate surface area is 105 Å². The highest BCUT2D eigenvalue weighted by molar-refractivity contribution is 5.79. The third kappa shape index (κ3) is 3.70. The first-order valence-corrected chi connectivity index (χ1v) is 7.19. The lowest BCUT2D eigenvalue weighted by atomic mass is 9.86. The van der Waals surface area contributed by atoms with Crippen molar-refractivity contribution in [3.63, 3.8) is 0 Å². The van der Waals surface area contributed by atoms with E-state index in [-0.39, 0.29) is 5.92 Å². The van der Waals surface area contributed by atoms with Crippen LogP contribution in [0.3, 0.4) is 0 Å². The molecule has 1 saturated carbocycles. The van der Waals surface area contributed by atoms with Crippen LogP contribution in [0.5, 0.6) is 0 Å². The second-order valence-corrected chi connectivity index (χ2v) is 6.05. The van der Waals surface area contributed by atoms with Crippen LogP contribution in [-0.2, 0) is 4.79 Å². The SMILES string of the molecule is CC1CCCC(NC(=O)[C@H]2CCN[C@@H](C)C2)C1. The molecule has 1 amide bonds. The molecule has 0 spiro atoms. The van der Waals surface area contributed by atoms with E-state index in [9.17, 15) is 4.79 Å². The monoisotopic (exact) mass is 238 g/mol. The Balaban J connectivity index is 1.79. The van der Waals surface area contributed by atoms with Crippen molar-refractivity contribution in [3.05, 3.63) is 0 Å². The second-order valence-electron chi connectivity index (χ2n) is 6.05. The molecule has 2 rings (SSSR count). The van der Waals surface area contributed by atoms with Gasteiger partial charge in [0.1, 0.15) is 0 Å². The molecule has 2 N–H and O–H groups in total. The summed E-state index contributed by atoms with van der Waals surface area (Å²) in [5.74, 6) is 1.32. The van der Waals surface area contributed by atoms with Gasteiger partial charge in [0.2, 0.25) is 5.91 Å². The molecule has 98 valence electrons. The largest absolute Gasteiger partial charge is 0.353 e. The molecule has 0 aromatic carbocycles. The second kappa shape index (κ2) is 5.85. The lowest BCUT2D eigenvalue weighted by molar-refractivity contribution is -0.127. The van der Waals surface area contributed by atoms with Gasteiger partial charge in [-0.1, -0.05) is 19.8 Å². The van der Waals surface area contributed by atoms with Gasteiger partial charge in [-0.05, 0) is 45.1 Å². The number of nitrogens with one attached hydrogen (secondary N) is 2. The number of piperidine rings is 1. The van der Waals surface area contributed by atoms with Gasteiger partial charge in [-0.25, -0.2) is 0 Å². The molecule has 2 aliphatic rings. The van der Waals surface area contributed by atoms with Gasteiger partial charge in [0.25, 0.3) is 0 Å². The fourth-order valence-corrected chi connectivity index (χ4v) is 3.25. The number of carbonyl (C=O) groups excluding carboxylic acids is 1. The Morgan fingerprint density at radius 3 is 2.71 bits per heavy atom. The summed E-state index contributed by atoms with van der Waals surface area (Å²) in [5, 5.41) is 6.67. The zero-order valence-electron chi connectivity index (χ0n) is 11.2. The van der Waals surface area contributed by atoms with Crippen LogP contribution in [0.1, 0.15) is 52.4 Å². The van der Waals surface area contributed by atoms with Crippen LogP contribution in [-0.4, -0.2) is 24.5 Å². The van der Waals surface area contributed by atoms with Crippen LogP contribution < -0.4 is 10.6 Å². The third-order valence-corrected chi connectivity index (χ3v) is 4.28. The number of rotatable bonds is 2. The van der Waals surface area contributed by atoms with E-state index >= 15 is 0 Å². The van der Waals surface area contributed by atoms with Gasteiger partial charge in [0.05, 0.1) is 0 Å². The summed E-state index contributed by atoms with van der Waals surface area (Å²) in [6, 6.07) is 0.932. The van der Waals surface area contributed by atoms with Crippen molar-refractivity contribution in [3.8, 4) is 0 Å². The molecule has 0 aromatic heterocycles. The van der Waals surface area contributed by atoms with Gasteiger partial charge in [-0.2, -0.15) is 0 Å². The number of carbonyl (C=O) groups is 1. The smallest absolute Gasteiger partial charge is 0.223 e. The summed E-state index contributed by atoms with van der Waals surface area (Å²) in [4.78, 5) is 12.2. The third-order valence-electron chi connectivity index (χ3n) is 4.28. The maximum Gasteiger partial charge on any atom is 0.223 e. The molecular formula is C14H26N2O. The Morgan fingerprint density at radius 2 is 2.00 bits per heavy atom. The van der Waals surface area contributed by atoms with Crippen molar-refractivity contribution in [2.45, 2.75) is 64.5 Å². The van der Waals surface area contributed by atoms with E-state index in [0.29, 0.717) is 18.0 Å². The number of hydrogen-bond acceptors (Lipinski definition) is 2. The molecule has 3 heteroatoms. The van der Waals surface area contributed by atoms with E-state index in [2.05, 4.69) is 24.5 Å². The number of hydrogen-bond donors (Lipinski definition) is 2. The molecule has 0 radical (unpaired) electrons. The molecule has 4 atom stereocenters. The van der Waals surface area contributed by atoms with Gasteiger partial charge >= 0.3 is 0 Å². The first kappa shape index (κ1) is 12.9. The van der Waals surface area contributed by atoms with Crippen molar-refractivity contribution in [2.75, 3.05) is 6.54 Å². The lowest BCUT2D eigenvalue weighted by Gasteiger charge is -2.31. The van der Waals surface area contributed by atoms with Crippen LogP contribution in [0, 0.1) is 11.8 Å². The molecule has 1 aliphatic heterocycles. The van der Waals surface area contributed by atoms with Crippen LogP contribution >= 0.6 is 0 Å². The zero-order chi connectivity index (χ0) is 12.3. The maximum absolute atomic E-state index is 12.2. The Kier molecular flexibility index (Phi) is 4.43. The van der Waals surface area contributed by atoms with Crippen LogP contribution in [0.15, 0.2) is 0 Å². The Hall–Kier alpha value is -0.570. The van der Waals surface area contributed by atoms with E-state index in [4.69, 9.17) is 0 Å². The molecule has 3 nitrogen and oxygen atoms in total. The van der Waals surface area contributed by atoms with E-state index in [1.807, 2.05) is 0 Å².